The SMILES string of the molecule is COC(=O)C1=C(C(=O)OC)Cc2c(O)c3c(c(O)c2C1)C1c2ccccc2C3c2c(O)ccc(O)c21. The fourth-order valence-electron chi connectivity index (χ4n) is 6.20. The lowest BCUT2D eigenvalue weighted by Crippen LogP contribution is -2.30. The van der Waals surface area contributed by atoms with Crippen molar-refractivity contribution in [3.05, 3.63) is 92.1 Å². The molecule has 36 heavy (non-hydrogen) atoms. The molecule has 0 saturated heterocycles. The second kappa shape index (κ2) is 7.52. The Morgan fingerprint density at radius 2 is 1.06 bits per heavy atom. The second-order valence-corrected chi connectivity index (χ2v) is 9.20. The molecule has 2 bridgehead atoms. The fourth-order valence-corrected chi connectivity index (χ4v) is 6.20. The predicted molar refractivity (Wildman–Crippen MR) is 126 cm³/mol. The number of methoxy groups -OCH3 is 2. The van der Waals surface area contributed by atoms with Crippen molar-refractivity contribution in [2.45, 2.75) is 24.7 Å². The molecule has 0 saturated carbocycles. The van der Waals surface area contributed by atoms with Gasteiger partial charge in [0.15, 0.2) is 0 Å². The van der Waals surface area contributed by atoms with Crippen LogP contribution in [0.3, 0.4) is 0 Å². The molecule has 3 aromatic carbocycles. The number of rotatable bonds is 2. The molecule has 7 rings (SSSR count). The van der Waals surface area contributed by atoms with Crippen molar-refractivity contribution in [2.24, 2.45) is 0 Å². The maximum Gasteiger partial charge on any atom is 0.334 e. The van der Waals surface area contributed by atoms with E-state index in [1.807, 2.05) is 24.3 Å². The number of carbonyl (C=O) groups excluding carboxylic acids is 2. The van der Waals surface area contributed by atoms with Gasteiger partial charge in [-0.15, -0.1) is 0 Å². The molecule has 2 atom stereocenters. The van der Waals surface area contributed by atoms with Crippen molar-refractivity contribution in [3.8, 4) is 23.0 Å². The van der Waals surface area contributed by atoms with Crippen LogP contribution in [-0.2, 0) is 31.9 Å². The van der Waals surface area contributed by atoms with Crippen LogP contribution in [0, 0.1) is 0 Å². The molecule has 8 heteroatoms. The van der Waals surface area contributed by atoms with Gasteiger partial charge >= 0.3 is 11.9 Å². The molecule has 0 aliphatic heterocycles. The summed E-state index contributed by atoms with van der Waals surface area (Å²) in [5.41, 5.74) is 4.16. The van der Waals surface area contributed by atoms with E-state index in [1.54, 1.807) is 0 Å². The summed E-state index contributed by atoms with van der Waals surface area (Å²) in [5, 5.41) is 45.0. The topological polar surface area (TPSA) is 134 Å². The lowest BCUT2D eigenvalue weighted by molar-refractivity contribution is -0.139. The normalized spacial score (nSPS) is 18.6. The third-order valence-electron chi connectivity index (χ3n) is 7.69. The molecule has 0 spiro atoms. The number of esters is 2. The highest BCUT2D eigenvalue weighted by Crippen LogP contribution is 2.64. The van der Waals surface area contributed by atoms with Crippen LogP contribution in [0.4, 0.5) is 0 Å². The van der Waals surface area contributed by atoms with Crippen LogP contribution in [0.2, 0.25) is 0 Å². The van der Waals surface area contributed by atoms with Crippen LogP contribution in [0.1, 0.15) is 56.3 Å². The van der Waals surface area contributed by atoms with Crippen molar-refractivity contribution in [2.75, 3.05) is 14.2 Å². The van der Waals surface area contributed by atoms with E-state index in [1.165, 1.54) is 26.4 Å². The molecule has 0 fully saturated rings. The maximum atomic E-state index is 12.5. The van der Waals surface area contributed by atoms with Crippen LogP contribution < -0.4 is 0 Å². The molecule has 182 valence electrons. The Morgan fingerprint density at radius 1 is 0.667 bits per heavy atom. The van der Waals surface area contributed by atoms with Gasteiger partial charge in [0.1, 0.15) is 23.0 Å². The van der Waals surface area contributed by atoms with Gasteiger partial charge in [0, 0.05) is 58.1 Å². The van der Waals surface area contributed by atoms with E-state index in [0.717, 1.165) is 11.1 Å². The predicted octanol–water partition coefficient (Wildman–Crippen LogP) is 3.24. The zero-order chi connectivity index (χ0) is 25.5. The number of benzene rings is 3. The molecule has 0 aromatic heterocycles. The highest BCUT2D eigenvalue weighted by Gasteiger charge is 2.49. The Kier molecular flexibility index (Phi) is 4.60. The molecule has 2 unspecified atom stereocenters. The van der Waals surface area contributed by atoms with E-state index in [9.17, 15) is 30.0 Å². The zero-order valence-corrected chi connectivity index (χ0v) is 19.5. The number of aromatic hydroxyl groups is 4. The van der Waals surface area contributed by atoms with Gasteiger partial charge in [-0.3, -0.25) is 0 Å². The van der Waals surface area contributed by atoms with Gasteiger partial charge in [-0.1, -0.05) is 24.3 Å². The van der Waals surface area contributed by atoms with Crippen LogP contribution in [0.5, 0.6) is 23.0 Å². The average Bonchev–Trinajstić information content (AvgIpc) is 2.91. The minimum Gasteiger partial charge on any atom is -0.508 e. The minimum absolute atomic E-state index is 0.0299. The minimum atomic E-state index is -0.725. The molecule has 4 aliphatic rings. The van der Waals surface area contributed by atoms with E-state index in [-0.39, 0.29) is 47.0 Å². The van der Waals surface area contributed by atoms with Crippen molar-refractivity contribution >= 4 is 11.9 Å². The van der Waals surface area contributed by atoms with Gasteiger partial charge < -0.3 is 29.9 Å². The molecule has 4 N–H and O–H groups in total. The first-order chi connectivity index (χ1) is 17.3. The van der Waals surface area contributed by atoms with E-state index in [2.05, 4.69) is 0 Å². The smallest absolute Gasteiger partial charge is 0.334 e. The summed E-state index contributed by atoms with van der Waals surface area (Å²) in [4.78, 5) is 25.1. The number of ether oxygens (including phenoxy) is 2. The summed E-state index contributed by atoms with van der Waals surface area (Å²) >= 11 is 0. The third kappa shape index (κ3) is 2.64. The average molecular weight is 486 g/mol. The molecular formula is C28H22O8. The maximum absolute atomic E-state index is 12.5. The van der Waals surface area contributed by atoms with Crippen molar-refractivity contribution in [1.82, 2.24) is 0 Å². The Bertz CT molecular complexity index is 1430. The van der Waals surface area contributed by atoms with Gasteiger partial charge in [-0.2, -0.15) is 0 Å². The zero-order valence-electron chi connectivity index (χ0n) is 19.5. The van der Waals surface area contributed by atoms with Gasteiger partial charge in [-0.25, -0.2) is 9.59 Å². The summed E-state index contributed by atoms with van der Waals surface area (Å²) in [7, 11) is 2.40. The number of phenolic OH excluding ortho intramolecular Hbond substituents is 4. The van der Waals surface area contributed by atoms with Gasteiger partial charge in [0.2, 0.25) is 0 Å². The van der Waals surface area contributed by atoms with Crippen LogP contribution in [0.25, 0.3) is 0 Å². The number of fused-ring (bicyclic) bond motifs is 1. The quantitative estimate of drug-likeness (QED) is 0.221. The second-order valence-electron chi connectivity index (χ2n) is 9.20. The Hall–Kier alpha value is -4.46. The largest absolute Gasteiger partial charge is 0.508 e. The summed E-state index contributed by atoms with van der Waals surface area (Å²) < 4.78 is 9.75. The van der Waals surface area contributed by atoms with E-state index in [0.29, 0.717) is 33.4 Å². The monoisotopic (exact) mass is 486 g/mol. The molecule has 4 aliphatic carbocycles. The molecule has 0 amide bonds. The highest BCUT2D eigenvalue weighted by atomic mass is 16.5. The summed E-state index contributed by atoms with van der Waals surface area (Å²) in [6.45, 7) is 0. The molecule has 8 nitrogen and oxygen atoms in total. The fraction of sp³-hybridized carbons (Fsp3) is 0.214. The summed E-state index contributed by atoms with van der Waals surface area (Å²) in [6, 6.07) is 10.3. The first-order valence-electron chi connectivity index (χ1n) is 11.4. The van der Waals surface area contributed by atoms with Crippen LogP contribution >= 0.6 is 0 Å². The number of hydrogen-bond acceptors (Lipinski definition) is 8. The molecule has 3 aromatic rings. The van der Waals surface area contributed by atoms with Gasteiger partial charge in [-0.05, 0) is 23.3 Å². The Balaban J connectivity index is 1.67. The number of hydrogen-bond donors (Lipinski definition) is 4. The molecule has 0 heterocycles. The van der Waals surface area contributed by atoms with Gasteiger partial charge in [0.25, 0.3) is 0 Å². The molecule has 0 radical (unpaired) electrons. The first-order valence-corrected chi connectivity index (χ1v) is 11.4. The highest BCUT2D eigenvalue weighted by molar-refractivity contribution is 6.02. The third-order valence-corrected chi connectivity index (χ3v) is 7.69. The van der Waals surface area contributed by atoms with E-state index >= 15 is 0 Å². The number of carbonyl (C=O) groups is 2. The van der Waals surface area contributed by atoms with Crippen LogP contribution in [-0.4, -0.2) is 46.6 Å². The van der Waals surface area contributed by atoms with E-state index in [4.69, 9.17) is 9.47 Å². The standard InChI is InChI=1S/C28H22O8/c1-35-27(33)15-9-13-14(10-16(15)28(34)36-2)26(32)24-20-12-6-4-3-5-11(12)19(23(24)25(13)31)21-17(29)7-8-18(30)22(20)21/h3-8,19-20,29-32H,9-10H2,1-2H3. The van der Waals surface area contributed by atoms with Crippen molar-refractivity contribution < 1.29 is 39.5 Å². The lowest BCUT2D eigenvalue weighted by Gasteiger charge is -2.44. The van der Waals surface area contributed by atoms with Crippen LogP contribution in [0.15, 0.2) is 47.5 Å². The molecular weight excluding hydrogens is 464 g/mol. The summed E-state index contributed by atoms with van der Waals surface area (Å²) in [5.74, 6) is -3.08. The number of phenols is 4. The summed E-state index contributed by atoms with van der Waals surface area (Å²) in [6.07, 6.45) is -0.284. The van der Waals surface area contributed by atoms with Crippen molar-refractivity contribution in [1.29, 1.82) is 0 Å². The Labute approximate surface area is 205 Å². The first kappa shape index (κ1) is 22.0. The van der Waals surface area contributed by atoms with Gasteiger partial charge in [0.05, 0.1) is 25.4 Å². The Morgan fingerprint density at radius 3 is 1.42 bits per heavy atom. The lowest BCUT2D eigenvalue weighted by atomic mass is 9.59. The van der Waals surface area contributed by atoms with E-state index < -0.39 is 23.8 Å². The van der Waals surface area contributed by atoms with Crippen molar-refractivity contribution in [3.63, 3.8) is 0 Å².